The maximum atomic E-state index is 12.3. The van der Waals surface area contributed by atoms with E-state index in [-0.39, 0.29) is 35.9 Å². The third-order valence-corrected chi connectivity index (χ3v) is 5.14. The van der Waals surface area contributed by atoms with Crippen molar-refractivity contribution in [3.05, 3.63) is 65.2 Å². The van der Waals surface area contributed by atoms with Gasteiger partial charge in [0.1, 0.15) is 0 Å². The summed E-state index contributed by atoms with van der Waals surface area (Å²) in [4.78, 5) is 49.5. The molecule has 1 aliphatic rings. The lowest BCUT2D eigenvalue weighted by molar-refractivity contribution is -0.113. The van der Waals surface area contributed by atoms with Crippen LogP contribution >= 0.6 is 11.8 Å². The second kappa shape index (κ2) is 8.71. The van der Waals surface area contributed by atoms with Crippen molar-refractivity contribution in [2.24, 2.45) is 0 Å². The van der Waals surface area contributed by atoms with Gasteiger partial charge in [0.25, 0.3) is 17.7 Å². The average Bonchev–Trinajstić information content (AvgIpc) is 2.95. The predicted octanol–water partition coefficient (Wildman–Crippen LogP) is 2.01. The maximum Gasteiger partial charge on any atom is 0.261 e. The van der Waals surface area contributed by atoms with Gasteiger partial charge in [-0.05, 0) is 30.3 Å². The summed E-state index contributed by atoms with van der Waals surface area (Å²) >= 11 is 1.33. The molecule has 4 amide bonds. The van der Waals surface area contributed by atoms with Crippen LogP contribution in [0.5, 0.6) is 0 Å². The van der Waals surface area contributed by atoms with Crippen molar-refractivity contribution in [3.63, 3.8) is 0 Å². The molecule has 2 aromatic carbocycles. The molecular weight excluding hydrogens is 378 g/mol. The van der Waals surface area contributed by atoms with E-state index in [9.17, 15) is 19.2 Å². The average molecular weight is 397 g/mol. The van der Waals surface area contributed by atoms with E-state index in [0.717, 1.165) is 0 Å². The fraction of sp³-hybridized carbons (Fsp3) is 0.200. The van der Waals surface area contributed by atoms with Crippen LogP contribution in [0.3, 0.4) is 0 Å². The highest BCUT2D eigenvalue weighted by Gasteiger charge is 2.34. The summed E-state index contributed by atoms with van der Waals surface area (Å²) in [7, 11) is 1.54. The zero-order valence-electron chi connectivity index (χ0n) is 15.2. The molecule has 2 N–H and O–H groups in total. The molecule has 2 aromatic rings. The van der Waals surface area contributed by atoms with E-state index in [1.165, 1.54) is 16.7 Å². The van der Waals surface area contributed by atoms with Crippen LogP contribution < -0.4 is 10.6 Å². The zero-order chi connectivity index (χ0) is 20.1. The Morgan fingerprint density at radius 3 is 2.32 bits per heavy atom. The van der Waals surface area contributed by atoms with E-state index in [0.29, 0.717) is 28.1 Å². The summed E-state index contributed by atoms with van der Waals surface area (Å²) < 4.78 is 0. The molecule has 0 bridgehead atoms. The number of rotatable bonds is 7. The molecule has 0 saturated carbocycles. The molecule has 0 unspecified atom stereocenters. The first kappa shape index (κ1) is 19.6. The minimum Gasteiger partial charge on any atom is -0.355 e. The van der Waals surface area contributed by atoms with Crippen LogP contribution in [0.2, 0.25) is 0 Å². The number of fused-ring (bicyclic) bond motifs is 1. The largest absolute Gasteiger partial charge is 0.355 e. The van der Waals surface area contributed by atoms with Gasteiger partial charge in [-0.25, -0.2) is 0 Å². The van der Waals surface area contributed by atoms with Crippen molar-refractivity contribution in [2.75, 3.05) is 30.4 Å². The minimum atomic E-state index is -0.295. The van der Waals surface area contributed by atoms with Crippen LogP contribution in [0.4, 0.5) is 5.69 Å². The van der Waals surface area contributed by atoms with Crippen LogP contribution in [-0.2, 0) is 4.79 Å². The van der Waals surface area contributed by atoms with Gasteiger partial charge in [0.2, 0.25) is 5.91 Å². The van der Waals surface area contributed by atoms with Gasteiger partial charge in [-0.1, -0.05) is 18.2 Å². The Morgan fingerprint density at radius 2 is 1.68 bits per heavy atom. The lowest BCUT2D eigenvalue weighted by atomic mass is 10.1. The lowest BCUT2D eigenvalue weighted by Crippen LogP contribution is -2.32. The fourth-order valence-electron chi connectivity index (χ4n) is 2.84. The summed E-state index contributed by atoms with van der Waals surface area (Å²) in [5.41, 5.74) is 1.84. The van der Waals surface area contributed by atoms with Gasteiger partial charge in [-0.3, -0.25) is 24.1 Å². The molecule has 0 saturated heterocycles. The van der Waals surface area contributed by atoms with Crippen molar-refractivity contribution in [3.8, 4) is 0 Å². The fourth-order valence-corrected chi connectivity index (χ4v) is 3.56. The molecule has 0 fully saturated rings. The third-order valence-electron chi connectivity index (χ3n) is 4.21. The first-order valence-corrected chi connectivity index (χ1v) is 9.81. The quantitative estimate of drug-likeness (QED) is 0.550. The van der Waals surface area contributed by atoms with Crippen molar-refractivity contribution >= 4 is 41.1 Å². The topological polar surface area (TPSA) is 95.6 Å². The Bertz CT molecular complexity index is 910. The number of carbonyl (C=O) groups excluding carboxylic acids is 4. The number of carbonyl (C=O) groups is 4. The number of nitrogens with one attached hydrogen (secondary N) is 2. The molecule has 7 nitrogen and oxygen atoms in total. The Labute approximate surface area is 166 Å². The highest BCUT2D eigenvalue weighted by atomic mass is 32.2. The van der Waals surface area contributed by atoms with E-state index in [1.54, 1.807) is 55.6 Å². The van der Waals surface area contributed by atoms with Gasteiger partial charge in [0.05, 0.1) is 16.9 Å². The summed E-state index contributed by atoms with van der Waals surface area (Å²) in [6.07, 6.45) is 0. The first-order chi connectivity index (χ1) is 13.5. The Kier molecular flexibility index (Phi) is 6.10. The number of amides is 4. The lowest BCUT2D eigenvalue weighted by Gasteiger charge is -2.13. The van der Waals surface area contributed by atoms with Crippen LogP contribution in [-0.4, -0.2) is 53.6 Å². The highest BCUT2D eigenvalue weighted by Crippen LogP contribution is 2.22. The summed E-state index contributed by atoms with van der Waals surface area (Å²) in [5.74, 6) is -0.411. The second-order valence-electron chi connectivity index (χ2n) is 6.07. The van der Waals surface area contributed by atoms with Gasteiger partial charge in [0, 0.05) is 30.6 Å². The van der Waals surface area contributed by atoms with Crippen LogP contribution in [0.15, 0.2) is 48.5 Å². The number of hydrogen-bond acceptors (Lipinski definition) is 5. The minimum absolute atomic E-state index is 0.174. The molecule has 8 heteroatoms. The molecule has 0 aliphatic carbocycles. The molecular formula is C20H19N3O4S. The van der Waals surface area contributed by atoms with E-state index >= 15 is 0 Å². The SMILES string of the molecule is CNC(=O)c1cccc(NC(=O)CSCCN2C(=O)c3ccccc3C2=O)c1. The van der Waals surface area contributed by atoms with E-state index < -0.39 is 0 Å². The van der Waals surface area contributed by atoms with Crippen molar-refractivity contribution in [1.29, 1.82) is 0 Å². The van der Waals surface area contributed by atoms with E-state index in [1.807, 2.05) is 0 Å². The van der Waals surface area contributed by atoms with Gasteiger partial charge in [-0.15, -0.1) is 0 Å². The zero-order valence-corrected chi connectivity index (χ0v) is 16.0. The first-order valence-electron chi connectivity index (χ1n) is 8.66. The third kappa shape index (κ3) is 4.23. The van der Waals surface area contributed by atoms with Crippen LogP contribution in [0, 0.1) is 0 Å². The molecule has 28 heavy (non-hydrogen) atoms. The van der Waals surface area contributed by atoms with Crippen LogP contribution in [0.1, 0.15) is 31.1 Å². The van der Waals surface area contributed by atoms with Crippen molar-refractivity contribution in [2.45, 2.75) is 0 Å². The number of imide groups is 1. The predicted molar refractivity (Wildman–Crippen MR) is 108 cm³/mol. The van der Waals surface area contributed by atoms with E-state index in [4.69, 9.17) is 0 Å². The van der Waals surface area contributed by atoms with Crippen molar-refractivity contribution in [1.82, 2.24) is 10.2 Å². The Morgan fingerprint density at radius 1 is 1.00 bits per heavy atom. The molecule has 1 heterocycles. The number of nitrogens with zero attached hydrogens (tertiary/aromatic N) is 1. The molecule has 0 spiro atoms. The monoisotopic (exact) mass is 397 g/mol. The van der Waals surface area contributed by atoms with Gasteiger partial charge in [-0.2, -0.15) is 11.8 Å². The number of benzene rings is 2. The van der Waals surface area contributed by atoms with Gasteiger partial charge < -0.3 is 10.6 Å². The van der Waals surface area contributed by atoms with Gasteiger partial charge >= 0.3 is 0 Å². The molecule has 1 aliphatic heterocycles. The molecule has 3 rings (SSSR count). The second-order valence-corrected chi connectivity index (χ2v) is 7.17. The Balaban J connectivity index is 1.46. The summed E-state index contributed by atoms with van der Waals surface area (Å²) in [5, 5.41) is 5.26. The van der Waals surface area contributed by atoms with Gasteiger partial charge in [0.15, 0.2) is 0 Å². The smallest absolute Gasteiger partial charge is 0.261 e. The standard InChI is InChI=1S/C20H19N3O4S/c1-21-18(25)13-5-4-6-14(11-13)22-17(24)12-28-10-9-23-19(26)15-7-2-3-8-16(15)20(23)27/h2-8,11H,9-10,12H2,1H3,(H,21,25)(H,22,24). The molecule has 0 aromatic heterocycles. The maximum absolute atomic E-state index is 12.3. The number of anilines is 1. The number of hydrogen-bond donors (Lipinski definition) is 2. The number of thioether (sulfide) groups is 1. The van der Waals surface area contributed by atoms with Crippen LogP contribution in [0.25, 0.3) is 0 Å². The molecule has 0 radical (unpaired) electrons. The molecule has 0 atom stereocenters. The summed E-state index contributed by atoms with van der Waals surface area (Å²) in [6.45, 7) is 0.246. The normalized spacial score (nSPS) is 12.7. The summed E-state index contributed by atoms with van der Waals surface area (Å²) in [6, 6.07) is 13.4. The Hall–Kier alpha value is -3.13. The van der Waals surface area contributed by atoms with Crippen molar-refractivity contribution < 1.29 is 19.2 Å². The highest BCUT2D eigenvalue weighted by molar-refractivity contribution is 7.99. The molecule has 144 valence electrons. The van der Waals surface area contributed by atoms with E-state index in [2.05, 4.69) is 10.6 Å².